The van der Waals surface area contributed by atoms with Crippen LogP contribution < -0.4 is 14.8 Å². The third-order valence-corrected chi connectivity index (χ3v) is 6.32. The van der Waals surface area contributed by atoms with Crippen molar-refractivity contribution in [2.24, 2.45) is 5.92 Å². The molecule has 0 aromatic heterocycles. The number of amides is 2. The Kier molecular flexibility index (Phi) is 8.97. The molecule has 35 heavy (non-hydrogen) atoms. The lowest BCUT2D eigenvalue weighted by atomic mass is 9.92. The Morgan fingerprint density at radius 3 is 2.51 bits per heavy atom. The second-order valence-corrected chi connectivity index (χ2v) is 8.46. The van der Waals surface area contributed by atoms with Gasteiger partial charge in [-0.3, -0.25) is 14.6 Å². The van der Waals surface area contributed by atoms with Crippen molar-refractivity contribution in [3.63, 3.8) is 0 Å². The van der Waals surface area contributed by atoms with E-state index in [-0.39, 0.29) is 24.5 Å². The zero-order valence-corrected chi connectivity index (χ0v) is 21.1. The first-order valence-corrected chi connectivity index (χ1v) is 11.9. The maximum Gasteiger partial charge on any atom is 0.338 e. The number of rotatable bonds is 9. The van der Waals surface area contributed by atoms with E-state index in [0.29, 0.717) is 48.0 Å². The molecule has 10 nitrogen and oxygen atoms in total. The van der Waals surface area contributed by atoms with Gasteiger partial charge in [-0.15, -0.1) is 0 Å². The number of urea groups is 1. The summed E-state index contributed by atoms with van der Waals surface area (Å²) < 4.78 is 21.5. The van der Waals surface area contributed by atoms with E-state index in [4.69, 9.17) is 18.9 Å². The second kappa shape index (κ2) is 11.9. The molecule has 192 valence electrons. The van der Waals surface area contributed by atoms with Crippen molar-refractivity contribution in [2.75, 3.05) is 54.1 Å². The van der Waals surface area contributed by atoms with E-state index >= 15 is 0 Å². The summed E-state index contributed by atoms with van der Waals surface area (Å²) in [5.41, 5.74) is 1.47. The van der Waals surface area contributed by atoms with Crippen molar-refractivity contribution in [3.05, 3.63) is 35.0 Å². The number of nitrogens with zero attached hydrogens (tertiary/aromatic N) is 2. The molecule has 0 aliphatic carbocycles. The van der Waals surface area contributed by atoms with Gasteiger partial charge >= 0.3 is 18.0 Å². The molecule has 2 aliphatic rings. The minimum atomic E-state index is -0.778. The fourth-order valence-electron chi connectivity index (χ4n) is 4.55. The summed E-state index contributed by atoms with van der Waals surface area (Å²) in [6.45, 7) is 5.59. The quantitative estimate of drug-likeness (QED) is 0.528. The third kappa shape index (κ3) is 5.87. The highest BCUT2D eigenvalue weighted by Gasteiger charge is 2.39. The fourth-order valence-corrected chi connectivity index (χ4v) is 4.55. The van der Waals surface area contributed by atoms with Crippen LogP contribution in [0.5, 0.6) is 11.5 Å². The lowest BCUT2D eigenvalue weighted by Crippen LogP contribution is -2.50. The Bertz CT molecular complexity index is 978. The summed E-state index contributed by atoms with van der Waals surface area (Å²) in [5.74, 6) is 0.0878. The van der Waals surface area contributed by atoms with Gasteiger partial charge in [-0.25, -0.2) is 9.59 Å². The molecule has 0 unspecified atom stereocenters. The van der Waals surface area contributed by atoms with Gasteiger partial charge in [0.05, 0.1) is 45.0 Å². The van der Waals surface area contributed by atoms with Crippen molar-refractivity contribution in [3.8, 4) is 11.5 Å². The Labute approximate surface area is 206 Å². The Morgan fingerprint density at radius 2 is 1.86 bits per heavy atom. The van der Waals surface area contributed by atoms with Gasteiger partial charge in [-0.05, 0) is 45.4 Å². The predicted molar refractivity (Wildman–Crippen MR) is 128 cm³/mol. The molecule has 10 heteroatoms. The van der Waals surface area contributed by atoms with Gasteiger partial charge in [0.1, 0.15) is 11.5 Å². The summed E-state index contributed by atoms with van der Waals surface area (Å²) in [7, 11) is 4.70. The first-order valence-electron chi connectivity index (χ1n) is 11.9. The number of piperidine rings is 1. The van der Waals surface area contributed by atoms with Crippen LogP contribution in [0.4, 0.5) is 4.79 Å². The van der Waals surface area contributed by atoms with Crippen LogP contribution in [0.15, 0.2) is 29.5 Å². The van der Waals surface area contributed by atoms with Crippen LogP contribution in [0.3, 0.4) is 0 Å². The molecule has 0 saturated carbocycles. The Balaban J connectivity index is 2.03. The van der Waals surface area contributed by atoms with Crippen LogP contribution in [-0.2, 0) is 19.1 Å². The number of methoxy groups -OCH3 is 2. The first kappa shape index (κ1) is 26.3. The van der Waals surface area contributed by atoms with Gasteiger partial charge in [0.25, 0.3) is 0 Å². The highest BCUT2D eigenvalue weighted by Crippen LogP contribution is 2.38. The number of nitrogens with one attached hydrogen (secondary N) is 1. The molecule has 2 atom stereocenters. The van der Waals surface area contributed by atoms with Gasteiger partial charge in [0.15, 0.2) is 0 Å². The molecular weight excluding hydrogens is 454 g/mol. The highest BCUT2D eigenvalue weighted by molar-refractivity contribution is 5.95. The van der Waals surface area contributed by atoms with E-state index in [0.717, 1.165) is 19.4 Å². The summed E-state index contributed by atoms with van der Waals surface area (Å²) in [4.78, 5) is 42.1. The minimum absolute atomic E-state index is 0.189. The van der Waals surface area contributed by atoms with Crippen molar-refractivity contribution in [1.82, 2.24) is 15.1 Å². The first-order chi connectivity index (χ1) is 16.8. The molecule has 2 amide bonds. The van der Waals surface area contributed by atoms with Gasteiger partial charge in [-0.1, -0.05) is 0 Å². The number of carbonyl (C=O) groups excluding carboxylic acids is 3. The second-order valence-electron chi connectivity index (χ2n) is 8.46. The van der Waals surface area contributed by atoms with Crippen LogP contribution in [0.25, 0.3) is 0 Å². The summed E-state index contributed by atoms with van der Waals surface area (Å²) in [6, 6.07) is 4.09. The molecule has 1 saturated heterocycles. The largest absolute Gasteiger partial charge is 0.497 e. The maximum atomic E-state index is 13.3. The molecule has 3 rings (SSSR count). The van der Waals surface area contributed by atoms with E-state index in [1.54, 1.807) is 46.2 Å². The van der Waals surface area contributed by atoms with Crippen LogP contribution in [0.1, 0.15) is 38.3 Å². The van der Waals surface area contributed by atoms with E-state index in [1.165, 1.54) is 12.0 Å². The number of ether oxygens (including phenoxy) is 4. The lowest BCUT2D eigenvalue weighted by molar-refractivity contribution is -0.150. The van der Waals surface area contributed by atoms with E-state index in [2.05, 4.69) is 10.2 Å². The van der Waals surface area contributed by atoms with Crippen LogP contribution in [0, 0.1) is 5.92 Å². The molecule has 1 aromatic rings. The number of likely N-dealkylation sites (tertiary alicyclic amines) is 1. The fraction of sp³-hybridized carbons (Fsp3) is 0.560. The van der Waals surface area contributed by atoms with Crippen molar-refractivity contribution >= 4 is 18.0 Å². The molecule has 1 N–H and O–H groups in total. The van der Waals surface area contributed by atoms with Crippen molar-refractivity contribution in [1.29, 1.82) is 0 Å². The molecule has 1 fully saturated rings. The topological polar surface area (TPSA) is 107 Å². The molecular formula is C25H35N3O7. The predicted octanol–water partition coefficient (Wildman–Crippen LogP) is 2.49. The van der Waals surface area contributed by atoms with Gasteiger partial charge in [-0.2, -0.15) is 0 Å². The van der Waals surface area contributed by atoms with E-state index < -0.39 is 12.0 Å². The summed E-state index contributed by atoms with van der Waals surface area (Å²) in [6.07, 6.45) is 1.57. The number of hydrogen-bond donors (Lipinski definition) is 1. The average molecular weight is 490 g/mol. The standard InChI is InChI=1S/C25H35N3O7/c1-6-34-23(29)16-9-8-12-28(14-16)15-19-21(24(30)35-7-2)22(26-25(31)27(19)3)18-11-10-17(32-4)13-20(18)33-5/h10-11,13,16,22H,6-9,12,14-15H2,1-5H3,(H,26,31)/t16-,22-/m1/s1. The number of likely N-dealkylation sites (N-methyl/N-ethyl adjacent to an activating group) is 1. The van der Waals surface area contributed by atoms with Gasteiger partial charge in [0.2, 0.25) is 0 Å². The normalized spacial score (nSPS) is 20.8. The number of carbonyl (C=O) groups is 3. The Hall–Kier alpha value is -3.27. The molecule has 2 heterocycles. The van der Waals surface area contributed by atoms with Crippen LogP contribution >= 0.6 is 0 Å². The van der Waals surface area contributed by atoms with Gasteiger partial charge in [0, 0.05) is 37.5 Å². The van der Waals surface area contributed by atoms with Crippen LogP contribution in [-0.4, -0.2) is 81.9 Å². The zero-order valence-electron chi connectivity index (χ0n) is 21.1. The summed E-state index contributed by atoms with van der Waals surface area (Å²) >= 11 is 0. The molecule has 0 radical (unpaired) electrons. The SMILES string of the molecule is CCOC(=O)C1=C(CN2CCC[C@@H](C(=O)OCC)C2)N(C)C(=O)N[C@@H]1c1ccc(OC)cc1OC. The lowest BCUT2D eigenvalue weighted by Gasteiger charge is -2.38. The molecule has 0 spiro atoms. The molecule has 1 aromatic carbocycles. The smallest absolute Gasteiger partial charge is 0.338 e. The van der Waals surface area contributed by atoms with E-state index in [1.807, 2.05) is 0 Å². The maximum absolute atomic E-state index is 13.3. The Morgan fingerprint density at radius 1 is 1.11 bits per heavy atom. The minimum Gasteiger partial charge on any atom is -0.497 e. The van der Waals surface area contributed by atoms with E-state index in [9.17, 15) is 14.4 Å². The monoisotopic (exact) mass is 489 g/mol. The number of hydrogen-bond acceptors (Lipinski definition) is 8. The van der Waals surface area contributed by atoms with Crippen molar-refractivity contribution < 1.29 is 33.3 Å². The summed E-state index contributed by atoms with van der Waals surface area (Å²) in [5, 5.41) is 2.91. The number of benzene rings is 1. The van der Waals surface area contributed by atoms with Gasteiger partial charge < -0.3 is 24.3 Å². The third-order valence-electron chi connectivity index (χ3n) is 6.32. The molecule has 0 bridgehead atoms. The molecule has 2 aliphatic heterocycles. The van der Waals surface area contributed by atoms with Crippen molar-refractivity contribution in [2.45, 2.75) is 32.7 Å². The number of esters is 2. The zero-order chi connectivity index (χ0) is 25.5. The van der Waals surface area contributed by atoms with Crippen LogP contribution in [0.2, 0.25) is 0 Å². The highest BCUT2D eigenvalue weighted by atomic mass is 16.5. The average Bonchev–Trinajstić information content (AvgIpc) is 2.86.